The van der Waals surface area contributed by atoms with Crippen LogP contribution in [0.2, 0.25) is 0 Å². The lowest BCUT2D eigenvalue weighted by atomic mass is 10.1. The van der Waals surface area contributed by atoms with Crippen LogP contribution in [-0.4, -0.2) is 79.4 Å². The second-order valence-corrected chi connectivity index (χ2v) is 8.94. The third kappa shape index (κ3) is 48.0. The highest BCUT2D eigenvalue weighted by molar-refractivity contribution is 7.80. The standard InChI is InChI=1S/C21H41N9O4S.C2H4O2.2C2H6.CH4S/c1-34-21(33)17(9-2-5-13-25-20(35)12-4-7-16-27-30-23)28-19(32)11-8-14-24-18(31)10-3-6-15-26-29-22;1-2(3)4;3*1-2/h17H,2-16H2,1H3,(H2,22,26)(H2,23,27)(H,24,31)(H,25,35)(H,28,32);1H3,(H,3,4);2*1-2H3;2H,1H3/p+2. The van der Waals surface area contributed by atoms with Gasteiger partial charge < -0.3 is 25.8 Å². The minimum atomic E-state index is -0.833. The Hall–Kier alpha value is -3.08. The van der Waals surface area contributed by atoms with Crippen molar-refractivity contribution in [1.29, 1.82) is 0 Å². The molecule has 0 aromatic rings. The fourth-order valence-electron chi connectivity index (χ4n) is 3.12. The first-order valence-corrected chi connectivity index (χ1v) is 16.8. The van der Waals surface area contributed by atoms with Crippen LogP contribution in [0.3, 0.4) is 0 Å². The number of nitrogens with one attached hydrogen (secondary N) is 5. The molecular weight excluding hydrogens is 622 g/mol. The van der Waals surface area contributed by atoms with Gasteiger partial charge in [-0.3, -0.25) is 14.4 Å². The predicted octanol–water partition coefficient (Wildman–Crippen LogP) is 0.471. The first-order chi connectivity index (χ1) is 21.7. The number of thiol groups is 1. The number of nitrogens with zero attached hydrogens (tertiary/aromatic N) is 2. The highest BCUT2D eigenvalue weighted by atomic mass is 32.1. The highest BCUT2D eigenvalue weighted by Crippen LogP contribution is 2.04. The van der Waals surface area contributed by atoms with Gasteiger partial charge in [0.2, 0.25) is 11.8 Å². The Labute approximate surface area is 281 Å². The Morgan fingerprint density at radius 3 is 1.76 bits per heavy atom. The van der Waals surface area contributed by atoms with Gasteiger partial charge in [-0.2, -0.15) is 34.5 Å². The molecule has 17 heteroatoms. The number of carbonyl (C=O) groups is 4. The van der Waals surface area contributed by atoms with Crippen LogP contribution in [0.4, 0.5) is 0 Å². The van der Waals surface area contributed by atoms with Crippen molar-refractivity contribution in [3.8, 4) is 0 Å². The van der Waals surface area contributed by atoms with E-state index in [-0.39, 0.29) is 18.2 Å². The van der Waals surface area contributed by atoms with E-state index in [4.69, 9.17) is 38.5 Å². The molecule has 0 aromatic carbocycles. The van der Waals surface area contributed by atoms with Gasteiger partial charge >= 0.3 is 5.97 Å². The van der Waals surface area contributed by atoms with Crippen molar-refractivity contribution < 1.29 is 39.3 Å². The van der Waals surface area contributed by atoms with E-state index < -0.39 is 18.0 Å². The zero-order chi connectivity index (χ0) is 35.7. The third-order valence-electron chi connectivity index (χ3n) is 5.03. The van der Waals surface area contributed by atoms with E-state index in [0.717, 1.165) is 63.4 Å². The molecule has 2 amide bonds. The number of thiocarbonyl (C=S) groups is 1. The van der Waals surface area contributed by atoms with E-state index in [2.05, 4.69) is 49.3 Å². The van der Waals surface area contributed by atoms with E-state index >= 15 is 0 Å². The molecule has 0 rings (SSSR count). The summed E-state index contributed by atoms with van der Waals surface area (Å²) < 4.78 is 4.82. The lowest BCUT2D eigenvalue weighted by Crippen LogP contribution is -2.66. The average Bonchev–Trinajstić information content (AvgIpc) is 3.04. The van der Waals surface area contributed by atoms with Gasteiger partial charge in [-0.25, -0.2) is 4.79 Å². The first-order valence-electron chi connectivity index (χ1n) is 15.5. The number of rotatable bonds is 21. The van der Waals surface area contributed by atoms with Crippen molar-refractivity contribution in [3.05, 3.63) is 0 Å². The maximum atomic E-state index is 12.2. The zero-order valence-electron chi connectivity index (χ0n) is 28.6. The van der Waals surface area contributed by atoms with Crippen molar-refractivity contribution in [3.63, 3.8) is 0 Å². The molecule has 10 N–H and O–H groups in total. The molecule has 0 saturated heterocycles. The normalized spacial score (nSPS) is 10.2. The molecule has 0 heterocycles. The number of carbonyl (C=O) groups excluding carboxylic acids is 3. The van der Waals surface area contributed by atoms with Crippen LogP contribution in [-0.2, 0) is 23.9 Å². The second-order valence-electron chi connectivity index (χ2n) is 8.45. The molecular formula is C28H63N9O6S2+2. The maximum absolute atomic E-state index is 12.2. The number of aliphatic carboxylic acids is 1. The summed E-state index contributed by atoms with van der Waals surface area (Å²) in [6.45, 7) is 11.5. The molecule has 0 radical (unpaired) electrons. The summed E-state index contributed by atoms with van der Waals surface area (Å²) in [6.07, 6.45) is 8.99. The van der Waals surface area contributed by atoms with Crippen molar-refractivity contribution in [1.82, 2.24) is 16.0 Å². The number of unbranched alkanes of at least 4 members (excludes halogenated alkanes) is 3. The van der Waals surface area contributed by atoms with Crippen molar-refractivity contribution in [2.24, 2.45) is 22.1 Å². The van der Waals surface area contributed by atoms with Gasteiger partial charge in [0, 0.05) is 32.9 Å². The Kier molecular flexibility index (Phi) is 51.9. The van der Waals surface area contributed by atoms with Gasteiger partial charge in [0.1, 0.15) is 19.1 Å². The number of carboxylic acids is 1. The minimum Gasteiger partial charge on any atom is -0.481 e. The molecule has 0 fully saturated rings. The van der Waals surface area contributed by atoms with E-state index in [9.17, 15) is 14.4 Å². The second kappa shape index (κ2) is 45.4. The fourth-order valence-corrected chi connectivity index (χ4v) is 3.37. The van der Waals surface area contributed by atoms with Crippen LogP contribution >= 0.6 is 24.8 Å². The summed E-state index contributed by atoms with van der Waals surface area (Å²) in [6, 6.07) is -0.691. The lowest BCUT2D eigenvalue weighted by Gasteiger charge is -2.17. The van der Waals surface area contributed by atoms with Gasteiger partial charge in [-0.1, -0.05) is 39.9 Å². The highest BCUT2D eigenvalue weighted by Gasteiger charge is 2.20. The minimum absolute atomic E-state index is 0.0600. The van der Waals surface area contributed by atoms with Gasteiger partial charge in [0.05, 0.1) is 22.5 Å². The summed E-state index contributed by atoms with van der Waals surface area (Å²) in [4.78, 5) is 45.8. The molecule has 0 aliphatic rings. The number of esters is 1. The summed E-state index contributed by atoms with van der Waals surface area (Å²) >= 11 is 8.83. The van der Waals surface area contributed by atoms with Crippen LogP contribution in [0.15, 0.2) is 10.4 Å². The number of amides is 2. The molecule has 1 unspecified atom stereocenters. The quantitative estimate of drug-likeness (QED) is 0.0154. The van der Waals surface area contributed by atoms with Crippen LogP contribution in [0.25, 0.3) is 0 Å². The zero-order valence-corrected chi connectivity index (χ0v) is 30.3. The van der Waals surface area contributed by atoms with Crippen molar-refractivity contribution in [2.75, 3.05) is 39.5 Å². The van der Waals surface area contributed by atoms with E-state index in [1.807, 2.05) is 27.7 Å². The predicted molar refractivity (Wildman–Crippen MR) is 184 cm³/mol. The fraction of sp³-hybridized carbons (Fsp3) is 0.821. The van der Waals surface area contributed by atoms with Gasteiger partial charge in [0.25, 0.3) is 5.97 Å². The average molecular weight is 686 g/mol. The molecule has 1 atom stereocenters. The van der Waals surface area contributed by atoms with Gasteiger partial charge in [0.15, 0.2) is 0 Å². The Morgan fingerprint density at radius 1 is 0.800 bits per heavy atom. The first kappa shape index (κ1) is 51.5. The summed E-state index contributed by atoms with van der Waals surface area (Å²) in [5.41, 5.74) is 0. The Balaban J connectivity index is -0.000000472. The smallest absolute Gasteiger partial charge is 0.328 e. The molecule has 0 bridgehead atoms. The van der Waals surface area contributed by atoms with Gasteiger partial charge in [-0.15, -0.1) is 0 Å². The number of carboxylic acid groups (broad SMARTS) is 1. The SMILES string of the molecule is CC.CC.CC(=O)O.COC(=O)C(CCCCNC(=S)CCCC[NH+]=NN)NC(=O)CCCNC(=O)CCCC[NH+]=NN.CS. The monoisotopic (exact) mass is 685 g/mol. The van der Waals surface area contributed by atoms with Gasteiger partial charge in [-0.05, 0) is 64.0 Å². The molecule has 15 nitrogen and oxygen atoms in total. The molecule has 266 valence electrons. The largest absolute Gasteiger partial charge is 0.481 e. The summed E-state index contributed by atoms with van der Waals surface area (Å²) in [5, 5.41) is 28.1. The van der Waals surface area contributed by atoms with E-state index in [0.29, 0.717) is 38.9 Å². The molecule has 0 aliphatic heterocycles. The van der Waals surface area contributed by atoms with Crippen LogP contribution in [0.5, 0.6) is 0 Å². The van der Waals surface area contributed by atoms with Crippen LogP contribution < -0.4 is 37.9 Å². The number of ether oxygens (including phenoxy) is 1. The molecule has 45 heavy (non-hydrogen) atoms. The Morgan fingerprint density at radius 2 is 1.27 bits per heavy atom. The Bertz CT molecular complexity index is 773. The molecule has 0 saturated carbocycles. The van der Waals surface area contributed by atoms with E-state index in [1.54, 1.807) is 6.26 Å². The number of nitrogens with two attached hydrogens (primary N) is 2. The van der Waals surface area contributed by atoms with Crippen LogP contribution in [0, 0.1) is 0 Å². The summed E-state index contributed by atoms with van der Waals surface area (Å²) in [7, 11) is 1.30. The number of hydrogen-bond donors (Lipinski definition) is 9. The topological polar surface area (TPSA) is 239 Å². The lowest BCUT2D eigenvalue weighted by molar-refractivity contribution is -0.535. The number of hydrogen-bond acceptors (Lipinski definition) is 9. The van der Waals surface area contributed by atoms with E-state index in [1.165, 1.54) is 7.11 Å². The number of methoxy groups -OCH3 is 1. The third-order valence-corrected chi connectivity index (χ3v) is 5.38. The van der Waals surface area contributed by atoms with Crippen molar-refractivity contribution >= 4 is 53.6 Å². The molecule has 0 aliphatic carbocycles. The van der Waals surface area contributed by atoms with Crippen molar-refractivity contribution in [2.45, 2.75) is 111 Å². The summed E-state index contributed by atoms with van der Waals surface area (Å²) in [5.74, 6) is 8.36. The molecule has 0 spiro atoms. The van der Waals surface area contributed by atoms with Crippen LogP contribution in [0.1, 0.15) is 105 Å². The maximum Gasteiger partial charge on any atom is 0.328 e. The molecule has 0 aromatic heterocycles.